The van der Waals surface area contributed by atoms with Gasteiger partial charge in [-0.1, -0.05) is 71.4 Å². The van der Waals surface area contributed by atoms with Crippen LogP contribution in [0.1, 0.15) is 32.8 Å². The topological polar surface area (TPSA) is 96.0 Å². The molecule has 0 unspecified atom stereocenters. The van der Waals surface area contributed by atoms with Crippen molar-refractivity contribution in [1.82, 2.24) is 10.2 Å². The Balaban J connectivity index is 1.68. The highest BCUT2D eigenvalue weighted by molar-refractivity contribution is 9.10. The third-order valence-corrected chi connectivity index (χ3v) is 9.46. The van der Waals surface area contributed by atoms with Crippen LogP contribution in [0.15, 0.2) is 119 Å². The van der Waals surface area contributed by atoms with Gasteiger partial charge in [0.05, 0.1) is 10.6 Å². The fraction of sp³-hybridized carbons (Fsp3) is 0.235. The number of halogens is 1. The number of nitrogens with zero attached hydrogens (tertiary/aromatic N) is 2. The van der Waals surface area contributed by atoms with Crippen molar-refractivity contribution in [3.63, 3.8) is 0 Å². The normalized spacial score (nSPS) is 12.5. The Bertz CT molecular complexity index is 1630. The molecular formula is C34H36BrN3O5S. The highest BCUT2D eigenvalue weighted by Gasteiger charge is 2.32. The predicted octanol–water partition coefficient (Wildman–Crippen LogP) is 6.77. The van der Waals surface area contributed by atoms with Gasteiger partial charge in [-0.2, -0.15) is 0 Å². The lowest BCUT2D eigenvalue weighted by molar-refractivity contribution is -0.139. The van der Waals surface area contributed by atoms with Gasteiger partial charge in [-0.15, -0.1) is 0 Å². The van der Waals surface area contributed by atoms with Crippen molar-refractivity contribution in [3.05, 3.63) is 119 Å². The van der Waals surface area contributed by atoms with Crippen LogP contribution in [0.2, 0.25) is 0 Å². The first-order chi connectivity index (χ1) is 21.1. The van der Waals surface area contributed by atoms with E-state index in [0.29, 0.717) is 11.5 Å². The first-order valence-corrected chi connectivity index (χ1v) is 16.6. The van der Waals surface area contributed by atoms with Gasteiger partial charge in [0, 0.05) is 17.1 Å². The highest BCUT2D eigenvalue weighted by Crippen LogP contribution is 2.28. The molecule has 4 aromatic rings. The van der Waals surface area contributed by atoms with Crippen LogP contribution in [0.5, 0.6) is 11.5 Å². The minimum absolute atomic E-state index is 0.0411. The third kappa shape index (κ3) is 8.48. The number of anilines is 1. The monoisotopic (exact) mass is 677 g/mol. The van der Waals surface area contributed by atoms with E-state index in [1.807, 2.05) is 68.4 Å². The number of rotatable bonds is 13. The van der Waals surface area contributed by atoms with E-state index in [1.54, 1.807) is 49.4 Å². The molecule has 10 heteroatoms. The lowest BCUT2D eigenvalue weighted by atomic mass is 10.1. The fourth-order valence-electron chi connectivity index (χ4n) is 4.39. The Morgan fingerprint density at radius 3 is 1.98 bits per heavy atom. The molecule has 0 aromatic heterocycles. The standard InChI is InChI=1S/C34H36BrN3O5S/c1-4-25(2)36-34(40)26(3)37(23-27-15-17-28(35)18-16-27)33(39)24-38(44(41,42)32-13-9-6-10-14-32)29-19-21-31(22-20-29)43-30-11-7-5-8-12-30/h5-22,25-26H,4,23-24H2,1-3H3,(H,36,40)/t25-,26-/m1/s1. The largest absolute Gasteiger partial charge is 0.457 e. The number of carbonyl (C=O) groups excluding carboxylic acids is 2. The molecule has 230 valence electrons. The van der Waals surface area contributed by atoms with E-state index in [0.717, 1.165) is 20.8 Å². The summed E-state index contributed by atoms with van der Waals surface area (Å²) < 4.78 is 35.8. The number of hydrogen-bond acceptors (Lipinski definition) is 5. The van der Waals surface area contributed by atoms with Crippen LogP contribution >= 0.6 is 15.9 Å². The van der Waals surface area contributed by atoms with Crippen molar-refractivity contribution < 1.29 is 22.7 Å². The number of sulfonamides is 1. The van der Waals surface area contributed by atoms with Crippen LogP contribution in [0.3, 0.4) is 0 Å². The summed E-state index contributed by atoms with van der Waals surface area (Å²) in [5.41, 5.74) is 1.08. The number of carbonyl (C=O) groups is 2. The van der Waals surface area contributed by atoms with Crippen molar-refractivity contribution in [1.29, 1.82) is 0 Å². The number of amides is 2. The van der Waals surface area contributed by atoms with Gasteiger partial charge in [0.25, 0.3) is 10.0 Å². The van der Waals surface area contributed by atoms with E-state index >= 15 is 0 Å². The first kappa shape index (κ1) is 32.8. The van der Waals surface area contributed by atoms with Crippen molar-refractivity contribution >= 4 is 43.5 Å². The van der Waals surface area contributed by atoms with Crippen LogP contribution in [0.25, 0.3) is 0 Å². The summed E-state index contributed by atoms with van der Waals surface area (Å²) in [5.74, 6) is 0.307. The molecule has 0 radical (unpaired) electrons. The number of ether oxygens (including phenoxy) is 1. The van der Waals surface area contributed by atoms with Gasteiger partial charge in [-0.25, -0.2) is 8.42 Å². The maximum Gasteiger partial charge on any atom is 0.264 e. The molecule has 8 nitrogen and oxygen atoms in total. The van der Waals surface area contributed by atoms with Gasteiger partial charge in [0.15, 0.2) is 0 Å². The lowest BCUT2D eigenvalue weighted by Crippen LogP contribution is -2.52. The van der Waals surface area contributed by atoms with E-state index in [1.165, 1.54) is 17.0 Å². The highest BCUT2D eigenvalue weighted by atomic mass is 79.9. The second-order valence-electron chi connectivity index (χ2n) is 10.4. The van der Waals surface area contributed by atoms with Gasteiger partial charge >= 0.3 is 0 Å². The zero-order valence-electron chi connectivity index (χ0n) is 24.9. The van der Waals surface area contributed by atoms with Crippen molar-refractivity contribution in [2.45, 2.75) is 50.7 Å². The molecule has 4 aromatic carbocycles. The molecule has 0 saturated carbocycles. The SMILES string of the molecule is CC[C@@H](C)NC(=O)[C@@H](C)N(Cc1ccc(Br)cc1)C(=O)CN(c1ccc(Oc2ccccc2)cc1)S(=O)(=O)c1ccccc1. The summed E-state index contributed by atoms with van der Waals surface area (Å²) in [7, 11) is -4.16. The van der Waals surface area contributed by atoms with Crippen molar-refractivity contribution in [3.8, 4) is 11.5 Å². The van der Waals surface area contributed by atoms with Crippen LogP contribution in [0.4, 0.5) is 5.69 Å². The first-order valence-electron chi connectivity index (χ1n) is 14.3. The number of benzene rings is 4. The van der Waals surface area contributed by atoms with E-state index in [2.05, 4.69) is 21.2 Å². The zero-order chi connectivity index (χ0) is 31.7. The van der Waals surface area contributed by atoms with Gasteiger partial charge < -0.3 is 15.0 Å². The molecular weight excluding hydrogens is 642 g/mol. The van der Waals surface area contributed by atoms with E-state index in [-0.39, 0.29) is 29.1 Å². The van der Waals surface area contributed by atoms with E-state index < -0.39 is 28.5 Å². The number of hydrogen-bond donors (Lipinski definition) is 1. The Morgan fingerprint density at radius 1 is 0.818 bits per heavy atom. The second-order valence-corrected chi connectivity index (χ2v) is 13.2. The molecule has 0 aliphatic heterocycles. The smallest absolute Gasteiger partial charge is 0.264 e. The molecule has 4 rings (SSSR count). The molecule has 0 bridgehead atoms. The van der Waals surface area contributed by atoms with Crippen LogP contribution in [-0.4, -0.2) is 43.8 Å². The lowest BCUT2D eigenvalue weighted by Gasteiger charge is -2.32. The number of para-hydroxylation sites is 1. The molecule has 0 heterocycles. The molecule has 44 heavy (non-hydrogen) atoms. The second kappa shape index (κ2) is 15.0. The summed E-state index contributed by atoms with van der Waals surface area (Å²) >= 11 is 3.43. The molecule has 0 aliphatic carbocycles. The van der Waals surface area contributed by atoms with E-state index in [9.17, 15) is 18.0 Å². The summed E-state index contributed by atoms with van der Waals surface area (Å²) in [6.07, 6.45) is 0.728. The van der Waals surface area contributed by atoms with Gasteiger partial charge in [0.2, 0.25) is 11.8 Å². The Hall–Kier alpha value is -4.15. The quantitative estimate of drug-likeness (QED) is 0.169. The average Bonchev–Trinajstić information content (AvgIpc) is 3.04. The van der Waals surface area contributed by atoms with Crippen LogP contribution < -0.4 is 14.4 Å². The molecule has 1 N–H and O–H groups in total. The van der Waals surface area contributed by atoms with Crippen LogP contribution in [-0.2, 0) is 26.2 Å². The molecule has 0 fully saturated rings. The maximum atomic E-state index is 14.1. The van der Waals surface area contributed by atoms with Gasteiger partial charge in [-0.05, 0) is 86.5 Å². The van der Waals surface area contributed by atoms with Crippen molar-refractivity contribution in [2.75, 3.05) is 10.8 Å². The van der Waals surface area contributed by atoms with E-state index in [4.69, 9.17) is 4.74 Å². The third-order valence-electron chi connectivity index (χ3n) is 7.15. The summed E-state index contributed by atoms with van der Waals surface area (Å²) in [5, 5.41) is 2.94. The maximum absolute atomic E-state index is 14.1. The summed E-state index contributed by atoms with van der Waals surface area (Å²) in [6, 6.07) is 30.2. The van der Waals surface area contributed by atoms with Crippen LogP contribution in [0, 0.1) is 0 Å². The molecule has 0 aliphatic rings. The van der Waals surface area contributed by atoms with Gasteiger partial charge in [0.1, 0.15) is 24.1 Å². The average molecular weight is 679 g/mol. The van der Waals surface area contributed by atoms with Gasteiger partial charge in [-0.3, -0.25) is 13.9 Å². The zero-order valence-corrected chi connectivity index (χ0v) is 27.3. The molecule has 2 amide bonds. The fourth-order valence-corrected chi connectivity index (χ4v) is 6.09. The molecule has 2 atom stereocenters. The Labute approximate surface area is 267 Å². The number of nitrogens with one attached hydrogen (secondary N) is 1. The Kier molecular flexibility index (Phi) is 11.2. The van der Waals surface area contributed by atoms with Crippen molar-refractivity contribution in [2.24, 2.45) is 0 Å². The Morgan fingerprint density at radius 2 is 1.39 bits per heavy atom. The molecule has 0 spiro atoms. The minimum atomic E-state index is -4.16. The predicted molar refractivity (Wildman–Crippen MR) is 176 cm³/mol. The minimum Gasteiger partial charge on any atom is -0.457 e. The summed E-state index contributed by atoms with van der Waals surface area (Å²) in [4.78, 5) is 28.8. The molecule has 0 saturated heterocycles. The summed E-state index contributed by atoms with van der Waals surface area (Å²) in [6.45, 7) is 5.10.